The van der Waals surface area contributed by atoms with E-state index in [0.29, 0.717) is 35.7 Å². The Morgan fingerprint density at radius 3 is 2.60 bits per heavy atom. The summed E-state index contributed by atoms with van der Waals surface area (Å²) in [7, 11) is 0. The molecule has 5 heterocycles. The van der Waals surface area contributed by atoms with Crippen LogP contribution in [0.1, 0.15) is 47.8 Å². The number of aromatic amines is 1. The number of amides is 1. The van der Waals surface area contributed by atoms with Crippen molar-refractivity contribution in [1.82, 2.24) is 29.7 Å². The van der Waals surface area contributed by atoms with E-state index in [-0.39, 0.29) is 30.5 Å². The lowest BCUT2D eigenvalue weighted by atomic mass is 9.96. The van der Waals surface area contributed by atoms with Gasteiger partial charge in [-0.25, -0.2) is 4.98 Å². The van der Waals surface area contributed by atoms with Crippen LogP contribution in [0.15, 0.2) is 55.0 Å². The monoisotopic (exact) mass is 592 g/mol. The lowest BCUT2D eigenvalue weighted by Crippen LogP contribution is -2.45. The number of nitrogens with zero attached hydrogens (tertiary/aromatic N) is 5. The Hall–Kier alpha value is -3.96. The molecule has 1 aromatic carbocycles. The SMILES string of the molecule is CCN1CCN(Cc2ccc(CC(=O)N3CCc4ncc(Oc5ccnc6[nH]ccc56)cc4C3C)cc2C(F)(F)F)CC1. The fraction of sp³-hybridized carbons (Fsp3) is 0.406. The average Bonchev–Trinajstić information content (AvgIpc) is 3.48. The molecule has 1 unspecified atom stereocenters. The molecule has 0 spiro atoms. The lowest BCUT2D eigenvalue weighted by molar-refractivity contribution is -0.139. The van der Waals surface area contributed by atoms with Gasteiger partial charge in [-0.3, -0.25) is 14.7 Å². The Morgan fingerprint density at radius 2 is 1.84 bits per heavy atom. The van der Waals surface area contributed by atoms with Crippen LogP contribution in [0.5, 0.6) is 11.5 Å². The Kier molecular flexibility index (Phi) is 8.11. The number of benzene rings is 1. The van der Waals surface area contributed by atoms with Gasteiger partial charge < -0.3 is 19.5 Å². The number of piperazine rings is 1. The summed E-state index contributed by atoms with van der Waals surface area (Å²) in [6.45, 7) is 8.82. The van der Waals surface area contributed by atoms with E-state index >= 15 is 0 Å². The maximum atomic E-state index is 14.1. The summed E-state index contributed by atoms with van der Waals surface area (Å²) < 4.78 is 48.5. The van der Waals surface area contributed by atoms with Gasteiger partial charge in [0.25, 0.3) is 0 Å². The second kappa shape index (κ2) is 12.0. The third-order valence-corrected chi connectivity index (χ3v) is 8.60. The van der Waals surface area contributed by atoms with Gasteiger partial charge in [0, 0.05) is 63.8 Å². The van der Waals surface area contributed by atoms with Gasteiger partial charge in [-0.2, -0.15) is 13.2 Å². The predicted molar refractivity (Wildman–Crippen MR) is 157 cm³/mol. The number of ether oxygens (including phenoxy) is 1. The van der Waals surface area contributed by atoms with Crippen molar-refractivity contribution in [1.29, 1.82) is 0 Å². The highest BCUT2D eigenvalue weighted by Gasteiger charge is 2.35. The minimum absolute atomic E-state index is 0.107. The highest BCUT2D eigenvalue weighted by Crippen LogP contribution is 2.36. The van der Waals surface area contributed by atoms with Crippen LogP contribution in [0.3, 0.4) is 0 Å². The number of halogens is 3. The third kappa shape index (κ3) is 6.23. The van der Waals surface area contributed by atoms with Gasteiger partial charge in [0.05, 0.1) is 29.6 Å². The minimum atomic E-state index is -4.50. The first kappa shape index (κ1) is 29.1. The number of H-pyrrole nitrogens is 1. The van der Waals surface area contributed by atoms with Crippen molar-refractivity contribution in [2.45, 2.75) is 45.5 Å². The van der Waals surface area contributed by atoms with Gasteiger partial charge in [0.1, 0.15) is 17.1 Å². The summed E-state index contributed by atoms with van der Waals surface area (Å²) in [6.07, 6.45) is 1.07. The van der Waals surface area contributed by atoms with Crippen LogP contribution in [0, 0.1) is 0 Å². The molecule has 1 saturated heterocycles. The van der Waals surface area contributed by atoms with E-state index in [4.69, 9.17) is 4.74 Å². The highest BCUT2D eigenvalue weighted by molar-refractivity contribution is 5.82. The number of fused-ring (bicyclic) bond motifs is 2. The van der Waals surface area contributed by atoms with Crippen LogP contribution < -0.4 is 4.74 Å². The Labute approximate surface area is 248 Å². The molecule has 1 atom stereocenters. The Bertz CT molecular complexity index is 1610. The number of likely N-dealkylation sites (N-methyl/N-ethyl adjacent to an activating group) is 1. The van der Waals surface area contributed by atoms with Crippen LogP contribution in [-0.4, -0.2) is 74.8 Å². The molecule has 0 radical (unpaired) electrons. The van der Waals surface area contributed by atoms with Crippen LogP contribution in [0.2, 0.25) is 0 Å². The molecule has 0 bridgehead atoms. The zero-order valence-electron chi connectivity index (χ0n) is 24.3. The normalized spacial score (nSPS) is 18.2. The van der Waals surface area contributed by atoms with Crippen molar-refractivity contribution in [3.8, 4) is 11.5 Å². The lowest BCUT2D eigenvalue weighted by Gasteiger charge is -2.35. The van der Waals surface area contributed by atoms with Gasteiger partial charge >= 0.3 is 6.18 Å². The summed E-state index contributed by atoms with van der Waals surface area (Å²) in [5, 5.41) is 0.841. The van der Waals surface area contributed by atoms with Crippen LogP contribution in [0.25, 0.3) is 11.0 Å². The van der Waals surface area contributed by atoms with Crippen molar-refractivity contribution in [3.05, 3.63) is 82.9 Å². The molecule has 226 valence electrons. The number of rotatable bonds is 7. The molecule has 2 aliphatic heterocycles. The Morgan fingerprint density at radius 1 is 1.05 bits per heavy atom. The first-order chi connectivity index (χ1) is 20.7. The summed E-state index contributed by atoms with van der Waals surface area (Å²) in [5.74, 6) is 0.954. The maximum absolute atomic E-state index is 14.1. The zero-order valence-corrected chi connectivity index (χ0v) is 24.3. The molecule has 4 aromatic rings. The first-order valence-corrected chi connectivity index (χ1v) is 14.7. The molecule has 2 aliphatic rings. The number of hydrogen-bond acceptors (Lipinski definition) is 6. The van der Waals surface area contributed by atoms with E-state index in [1.807, 2.05) is 19.1 Å². The van der Waals surface area contributed by atoms with Crippen LogP contribution >= 0.6 is 0 Å². The molecule has 0 aliphatic carbocycles. The molecule has 1 fully saturated rings. The van der Waals surface area contributed by atoms with Crippen LogP contribution in [-0.2, 0) is 30.4 Å². The molecule has 43 heavy (non-hydrogen) atoms. The van der Waals surface area contributed by atoms with Crippen molar-refractivity contribution in [2.75, 3.05) is 39.3 Å². The molecule has 1 N–H and O–H groups in total. The number of nitrogens with one attached hydrogen (secondary N) is 1. The van der Waals surface area contributed by atoms with Gasteiger partial charge in [-0.15, -0.1) is 0 Å². The quantitative estimate of drug-likeness (QED) is 0.301. The summed E-state index contributed by atoms with van der Waals surface area (Å²) in [5.41, 5.74) is 2.41. The molecule has 11 heteroatoms. The van der Waals surface area contributed by atoms with Crippen molar-refractivity contribution >= 4 is 16.9 Å². The number of aromatic nitrogens is 3. The van der Waals surface area contributed by atoms with E-state index < -0.39 is 11.7 Å². The van der Waals surface area contributed by atoms with E-state index in [0.717, 1.165) is 55.4 Å². The average molecular weight is 593 g/mol. The second-order valence-electron chi connectivity index (χ2n) is 11.2. The van der Waals surface area contributed by atoms with Crippen molar-refractivity contribution in [2.24, 2.45) is 0 Å². The minimum Gasteiger partial charge on any atom is -0.455 e. The maximum Gasteiger partial charge on any atom is 0.416 e. The van der Waals surface area contributed by atoms with Gasteiger partial charge in [-0.1, -0.05) is 19.1 Å². The fourth-order valence-corrected chi connectivity index (χ4v) is 6.11. The summed E-state index contributed by atoms with van der Waals surface area (Å²) in [4.78, 5) is 31.5. The first-order valence-electron chi connectivity index (χ1n) is 14.7. The number of pyridine rings is 2. The zero-order chi connectivity index (χ0) is 30.1. The van der Waals surface area contributed by atoms with Gasteiger partial charge in [-0.05, 0) is 54.4 Å². The Balaban J connectivity index is 1.16. The van der Waals surface area contributed by atoms with Gasteiger partial charge in [0.2, 0.25) is 5.91 Å². The molecule has 1 amide bonds. The number of carbonyl (C=O) groups excluding carboxylic acids is 1. The number of alkyl halides is 3. The van der Waals surface area contributed by atoms with Crippen molar-refractivity contribution in [3.63, 3.8) is 0 Å². The molecular formula is C32H35F3N6O2. The molecular weight excluding hydrogens is 557 g/mol. The molecule has 8 nitrogen and oxygen atoms in total. The van der Waals surface area contributed by atoms with Crippen molar-refractivity contribution < 1.29 is 22.7 Å². The summed E-state index contributed by atoms with van der Waals surface area (Å²) >= 11 is 0. The van der Waals surface area contributed by atoms with E-state index in [1.54, 1.807) is 41.7 Å². The predicted octanol–water partition coefficient (Wildman–Crippen LogP) is 5.59. The summed E-state index contributed by atoms with van der Waals surface area (Å²) in [6, 6.07) is 9.61. The topological polar surface area (TPSA) is 77.6 Å². The molecule has 0 saturated carbocycles. The highest BCUT2D eigenvalue weighted by atomic mass is 19.4. The van der Waals surface area contributed by atoms with E-state index in [9.17, 15) is 18.0 Å². The molecule has 6 rings (SSSR count). The van der Waals surface area contributed by atoms with E-state index in [1.165, 1.54) is 0 Å². The smallest absolute Gasteiger partial charge is 0.416 e. The standard InChI is InChI=1S/C32H35F3N6O2/c1-3-39-12-14-40(15-13-39)20-23-5-4-22(16-27(23)32(33,34)35)17-30(42)41-11-8-28-26(21(41)2)18-24(19-38-28)43-29-7-10-37-31-25(29)6-9-36-31/h4-7,9-10,16,18-19,21H,3,8,11-15,17,20H2,1-2H3,(H,36,37). The largest absolute Gasteiger partial charge is 0.455 e. The van der Waals surface area contributed by atoms with Gasteiger partial charge in [0.15, 0.2) is 0 Å². The van der Waals surface area contributed by atoms with E-state index in [2.05, 4.69) is 31.7 Å². The van der Waals surface area contributed by atoms with Crippen LogP contribution in [0.4, 0.5) is 13.2 Å². The fourth-order valence-electron chi connectivity index (χ4n) is 6.11. The second-order valence-corrected chi connectivity index (χ2v) is 11.2. The number of hydrogen-bond donors (Lipinski definition) is 1. The molecule has 3 aromatic heterocycles. The third-order valence-electron chi connectivity index (χ3n) is 8.60. The number of carbonyl (C=O) groups is 1.